The minimum absolute atomic E-state index is 0.220. The number of benzene rings is 1. The Labute approximate surface area is 140 Å². The number of ketones is 1. The lowest BCUT2D eigenvalue weighted by Crippen LogP contribution is -2.20. The van der Waals surface area contributed by atoms with E-state index in [1.165, 1.54) is 30.4 Å². The lowest BCUT2D eigenvalue weighted by atomic mass is 10.2. The molecule has 0 radical (unpaired) electrons. The molecule has 0 aliphatic carbocycles. The number of carbonyl (C=O) groups excluding carboxylic acids is 2. The third kappa shape index (κ3) is 5.42. The lowest BCUT2D eigenvalue weighted by Gasteiger charge is -2.12. The molecule has 0 spiro atoms. The van der Waals surface area contributed by atoms with Gasteiger partial charge in [0.05, 0.1) is 11.3 Å². The van der Waals surface area contributed by atoms with Crippen molar-refractivity contribution in [1.29, 1.82) is 0 Å². The molecule has 0 bridgehead atoms. The minimum atomic E-state index is -0.366. The number of hydrogen-bond donors (Lipinski definition) is 1. The molecule has 0 atom stereocenters. The van der Waals surface area contributed by atoms with E-state index in [4.69, 9.17) is 4.74 Å². The number of nitrogens with one attached hydrogen (secondary N) is 1. The summed E-state index contributed by atoms with van der Waals surface area (Å²) in [5, 5.41) is 2.77. The largest absolute Gasteiger partial charge is 0.497 e. The molecule has 0 unspecified atom stereocenters. The SMILES string of the molecule is CCSC(SCC)=C(C(C)=O)C(=O)Nc1ccc(OC)cc1. The number of thioether (sulfide) groups is 2. The van der Waals surface area contributed by atoms with Crippen LogP contribution in [-0.2, 0) is 9.59 Å². The number of anilines is 1. The summed E-state index contributed by atoms with van der Waals surface area (Å²) in [4.78, 5) is 24.4. The Bertz CT molecular complexity index is 545. The monoisotopic (exact) mass is 339 g/mol. The summed E-state index contributed by atoms with van der Waals surface area (Å²) in [6, 6.07) is 7.01. The highest BCUT2D eigenvalue weighted by Crippen LogP contribution is 2.32. The zero-order chi connectivity index (χ0) is 16.5. The van der Waals surface area contributed by atoms with E-state index in [2.05, 4.69) is 5.32 Å². The molecule has 0 saturated heterocycles. The molecule has 6 heteroatoms. The van der Waals surface area contributed by atoms with Crippen LogP contribution in [0.4, 0.5) is 5.69 Å². The number of methoxy groups -OCH3 is 1. The topological polar surface area (TPSA) is 55.4 Å². The maximum atomic E-state index is 12.5. The third-order valence-electron chi connectivity index (χ3n) is 2.68. The van der Waals surface area contributed by atoms with Crippen molar-refractivity contribution in [2.24, 2.45) is 0 Å². The molecular weight excluding hydrogens is 318 g/mol. The fraction of sp³-hybridized carbons (Fsp3) is 0.375. The molecule has 0 saturated carbocycles. The molecule has 1 aromatic rings. The fourth-order valence-electron chi connectivity index (χ4n) is 1.71. The van der Waals surface area contributed by atoms with E-state index in [-0.39, 0.29) is 17.3 Å². The summed E-state index contributed by atoms with van der Waals surface area (Å²) in [5.41, 5.74) is 0.862. The Kier molecular flexibility index (Phi) is 8.12. The van der Waals surface area contributed by atoms with Crippen molar-refractivity contribution in [3.63, 3.8) is 0 Å². The van der Waals surface area contributed by atoms with Crippen LogP contribution in [0.25, 0.3) is 0 Å². The standard InChI is InChI=1S/C16H21NO3S2/c1-5-21-16(22-6-2)14(11(3)18)15(19)17-12-7-9-13(20-4)10-8-12/h7-10H,5-6H2,1-4H3,(H,17,19). The number of amides is 1. The number of ether oxygens (including phenoxy) is 1. The van der Waals surface area contributed by atoms with Crippen molar-refractivity contribution in [2.45, 2.75) is 20.8 Å². The van der Waals surface area contributed by atoms with Crippen LogP contribution in [0.3, 0.4) is 0 Å². The first-order chi connectivity index (χ1) is 10.5. The second-order valence-electron chi connectivity index (χ2n) is 4.27. The van der Waals surface area contributed by atoms with E-state index in [9.17, 15) is 9.59 Å². The number of Topliss-reactive ketones (excluding diaryl/α,β-unsaturated/α-hetero) is 1. The maximum absolute atomic E-state index is 12.5. The van der Waals surface area contributed by atoms with Gasteiger partial charge < -0.3 is 10.1 Å². The Morgan fingerprint density at radius 2 is 1.64 bits per heavy atom. The molecule has 1 rings (SSSR count). The average Bonchev–Trinajstić information content (AvgIpc) is 2.48. The van der Waals surface area contributed by atoms with Crippen LogP contribution < -0.4 is 10.1 Å². The number of hydrogen-bond acceptors (Lipinski definition) is 5. The van der Waals surface area contributed by atoms with E-state index < -0.39 is 0 Å². The Morgan fingerprint density at radius 3 is 2.05 bits per heavy atom. The third-order valence-corrected chi connectivity index (χ3v) is 4.90. The van der Waals surface area contributed by atoms with Crippen LogP contribution in [-0.4, -0.2) is 30.3 Å². The minimum Gasteiger partial charge on any atom is -0.497 e. The Hall–Kier alpha value is -1.40. The summed E-state index contributed by atoms with van der Waals surface area (Å²) in [5.74, 6) is 1.76. The van der Waals surface area contributed by atoms with Crippen molar-refractivity contribution in [1.82, 2.24) is 0 Å². The number of rotatable bonds is 8. The zero-order valence-corrected chi connectivity index (χ0v) is 14.9. The van der Waals surface area contributed by atoms with Gasteiger partial charge in [-0.2, -0.15) is 0 Å². The van der Waals surface area contributed by atoms with Crippen LogP contribution in [0.1, 0.15) is 20.8 Å². The van der Waals surface area contributed by atoms with E-state index in [0.29, 0.717) is 11.4 Å². The van der Waals surface area contributed by atoms with E-state index in [0.717, 1.165) is 15.7 Å². The van der Waals surface area contributed by atoms with Crippen molar-refractivity contribution < 1.29 is 14.3 Å². The van der Waals surface area contributed by atoms with Gasteiger partial charge in [0.2, 0.25) is 0 Å². The van der Waals surface area contributed by atoms with Gasteiger partial charge in [-0.25, -0.2) is 0 Å². The molecule has 22 heavy (non-hydrogen) atoms. The quantitative estimate of drug-likeness (QED) is 0.442. The molecule has 4 nitrogen and oxygen atoms in total. The second kappa shape index (κ2) is 9.58. The van der Waals surface area contributed by atoms with Gasteiger partial charge >= 0.3 is 0 Å². The van der Waals surface area contributed by atoms with Crippen molar-refractivity contribution in [2.75, 3.05) is 23.9 Å². The molecule has 0 heterocycles. The summed E-state index contributed by atoms with van der Waals surface area (Å²) in [6.45, 7) is 5.43. The first-order valence-corrected chi connectivity index (χ1v) is 8.96. The van der Waals surface area contributed by atoms with Gasteiger partial charge in [-0.3, -0.25) is 9.59 Å². The predicted molar refractivity (Wildman–Crippen MR) is 95.6 cm³/mol. The van der Waals surface area contributed by atoms with Crippen molar-refractivity contribution in [3.05, 3.63) is 34.1 Å². The Balaban J connectivity index is 3.01. The van der Waals surface area contributed by atoms with Crippen LogP contribution in [0, 0.1) is 0 Å². The molecule has 1 N–H and O–H groups in total. The average molecular weight is 339 g/mol. The van der Waals surface area contributed by atoms with Gasteiger partial charge in [0.25, 0.3) is 5.91 Å². The highest BCUT2D eigenvalue weighted by Gasteiger charge is 2.20. The van der Waals surface area contributed by atoms with Gasteiger partial charge in [0, 0.05) is 5.69 Å². The van der Waals surface area contributed by atoms with Crippen molar-refractivity contribution in [3.8, 4) is 5.75 Å². The summed E-state index contributed by atoms with van der Waals surface area (Å²) < 4.78 is 5.86. The van der Waals surface area contributed by atoms with Crippen LogP contribution in [0.15, 0.2) is 34.1 Å². The second-order valence-corrected chi connectivity index (χ2v) is 7.07. The van der Waals surface area contributed by atoms with Crippen LogP contribution in [0.2, 0.25) is 0 Å². The fourth-order valence-corrected chi connectivity index (χ4v) is 4.04. The number of carbonyl (C=O) groups is 2. The summed E-state index contributed by atoms with van der Waals surface area (Å²) >= 11 is 3.05. The smallest absolute Gasteiger partial charge is 0.260 e. The van der Waals surface area contributed by atoms with Gasteiger partial charge in [-0.15, -0.1) is 23.5 Å². The van der Waals surface area contributed by atoms with Gasteiger partial charge in [0.15, 0.2) is 5.78 Å². The van der Waals surface area contributed by atoms with Gasteiger partial charge in [-0.1, -0.05) is 13.8 Å². The van der Waals surface area contributed by atoms with Gasteiger partial charge in [-0.05, 0) is 42.7 Å². The van der Waals surface area contributed by atoms with E-state index in [1.807, 2.05) is 13.8 Å². The molecule has 1 aromatic carbocycles. The first kappa shape index (κ1) is 18.6. The highest BCUT2D eigenvalue weighted by atomic mass is 32.2. The van der Waals surface area contributed by atoms with E-state index in [1.54, 1.807) is 31.4 Å². The zero-order valence-electron chi connectivity index (χ0n) is 13.3. The molecule has 120 valence electrons. The summed E-state index contributed by atoms with van der Waals surface area (Å²) in [6.07, 6.45) is 0. The molecule has 0 aliphatic rings. The molecule has 0 aromatic heterocycles. The molecular formula is C16H21NO3S2. The normalized spacial score (nSPS) is 10.0. The van der Waals surface area contributed by atoms with Crippen LogP contribution >= 0.6 is 23.5 Å². The van der Waals surface area contributed by atoms with E-state index >= 15 is 0 Å². The maximum Gasteiger partial charge on any atom is 0.260 e. The van der Waals surface area contributed by atoms with Crippen molar-refractivity contribution >= 4 is 40.9 Å². The molecule has 0 aliphatic heterocycles. The van der Waals surface area contributed by atoms with Crippen LogP contribution in [0.5, 0.6) is 5.75 Å². The summed E-state index contributed by atoms with van der Waals surface area (Å²) in [7, 11) is 1.58. The molecule has 1 amide bonds. The Morgan fingerprint density at radius 1 is 1.09 bits per heavy atom. The lowest BCUT2D eigenvalue weighted by molar-refractivity contribution is -0.118. The molecule has 0 fully saturated rings. The highest BCUT2D eigenvalue weighted by molar-refractivity contribution is 8.22. The predicted octanol–water partition coefficient (Wildman–Crippen LogP) is 3.94. The van der Waals surface area contributed by atoms with Gasteiger partial charge in [0.1, 0.15) is 11.3 Å². The first-order valence-electron chi connectivity index (χ1n) is 6.99.